The maximum absolute atomic E-state index is 12.7. The number of carbonyl (C=O) groups is 1. The van der Waals surface area contributed by atoms with Crippen LogP contribution in [-0.2, 0) is 0 Å². The molecule has 4 nitrogen and oxygen atoms in total. The summed E-state index contributed by atoms with van der Waals surface area (Å²) >= 11 is 0. The minimum atomic E-state index is 0.311. The molecule has 2 unspecified atom stereocenters. The summed E-state index contributed by atoms with van der Waals surface area (Å²) in [4.78, 5) is 17.0. The Balaban J connectivity index is 1.67. The molecule has 3 fully saturated rings. The van der Waals surface area contributed by atoms with Gasteiger partial charge in [-0.25, -0.2) is 4.79 Å². The quantitative estimate of drug-likeness (QED) is 0.849. The second-order valence-corrected chi connectivity index (χ2v) is 6.43. The normalized spacial score (nSPS) is 33.7. The van der Waals surface area contributed by atoms with E-state index < -0.39 is 0 Å². The van der Waals surface area contributed by atoms with E-state index in [0.29, 0.717) is 24.2 Å². The fourth-order valence-corrected chi connectivity index (χ4v) is 4.05. The fourth-order valence-electron chi connectivity index (χ4n) is 4.05. The third-order valence-electron chi connectivity index (χ3n) is 4.98. The first-order chi connectivity index (χ1) is 9.28. The molecule has 0 aromatic heterocycles. The summed E-state index contributed by atoms with van der Waals surface area (Å²) in [6, 6.07) is 2.11. The maximum atomic E-state index is 12.7. The molecule has 0 radical (unpaired) electrons. The number of hydrogen-bond acceptors (Lipinski definition) is 2. The summed E-state index contributed by atoms with van der Waals surface area (Å²) in [5.74, 6) is 0. The highest BCUT2D eigenvalue weighted by Crippen LogP contribution is 2.30. The zero-order valence-corrected chi connectivity index (χ0v) is 12.1. The minimum absolute atomic E-state index is 0.311. The van der Waals surface area contributed by atoms with Crippen molar-refractivity contribution in [2.24, 2.45) is 0 Å². The van der Waals surface area contributed by atoms with E-state index in [1.54, 1.807) is 0 Å². The van der Waals surface area contributed by atoms with E-state index in [-0.39, 0.29) is 0 Å². The molecule has 3 saturated heterocycles. The minimum Gasteiger partial charge on any atom is -0.325 e. The Kier molecular flexibility index (Phi) is 3.96. The van der Waals surface area contributed by atoms with E-state index >= 15 is 0 Å². The molecule has 0 saturated carbocycles. The molecule has 0 aliphatic carbocycles. The molecule has 4 heteroatoms. The van der Waals surface area contributed by atoms with Crippen LogP contribution in [0.4, 0.5) is 4.79 Å². The molecule has 3 heterocycles. The zero-order chi connectivity index (χ0) is 13.2. The number of rotatable bonds is 3. The van der Waals surface area contributed by atoms with E-state index in [1.807, 2.05) is 0 Å². The van der Waals surface area contributed by atoms with E-state index in [0.717, 1.165) is 38.9 Å². The second kappa shape index (κ2) is 5.70. The Bertz CT molecular complexity index is 315. The lowest BCUT2D eigenvalue weighted by Gasteiger charge is -2.39. The third-order valence-corrected chi connectivity index (χ3v) is 4.98. The van der Waals surface area contributed by atoms with E-state index in [4.69, 9.17) is 0 Å². The van der Waals surface area contributed by atoms with Crippen molar-refractivity contribution in [3.63, 3.8) is 0 Å². The molecule has 0 aromatic carbocycles. The van der Waals surface area contributed by atoms with Gasteiger partial charge in [0.2, 0.25) is 0 Å². The van der Waals surface area contributed by atoms with Crippen LogP contribution in [-0.4, -0.2) is 53.6 Å². The van der Waals surface area contributed by atoms with Gasteiger partial charge in [-0.2, -0.15) is 0 Å². The molecule has 0 spiro atoms. The van der Waals surface area contributed by atoms with Gasteiger partial charge in [0.15, 0.2) is 0 Å². The van der Waals surface area contributed by atoms with Crippen molar-refractivity contribution in [2.45, 2.75) is 70.0 Å². The van der Waals surface area contributed by atoms with Gasteiger partial charge < -0.3 is 15.1 Å². The summed E-state index contributed by atoms with van der Waals surface area (Å²) in [5, 5.41) is 3.67. The standard InChI is InChI=1S/C15H27N3O/c1-2-7-18(15(19)17-8-3-4-9-17)14-10-12-5-6-13(11-14)16-12/h12-14,16H,2-11H2,1H3. The van der Waals surface area contributed by atoms with Crippen LogP contribution < -0.4 is 5.32 Å². The van der Waals surface area contributed by atoms with Gasteiger partial charge in [-0.1, -0.05) is 6.92 Å². The number of urea groups is 1. The zero-order valence-electron chi connectivity index (χ0n) is 12.1. The Labute approximate surface area is 116 Å². The molecule has 0 aromatic rings. The number of fused-ring (bicyclic) bond motifs is 2. The Morgan fingerprint density at radius 3 is 2.42 bits per heavy atom. The van der Waals surface area contributed by atoms with Gasteiger partial charge in [0, 0.05) is 37.8 Å². The first-order valence-electron chi connectivity index (χ1n) is 8.09. The van der Waals surface area contributed by atoms with E-state index in [2.05, 4.69) is 22.0 Å². The predicted molar refractivity (Wildman–Crippen MR) is 76.2 cm³/mol. The van der Waals surface area contributed by atoms with Crippen LogP contribution in [0.5, 0.6) is 0 Å². The van der Waals surface area contributed by atoms with Gasteiger partial charge in [-0.05, 0) is 44.9 Å². The number of nitrogens with one attached hydrogen (secondary N) is 1. The van der Waals surface area contributed by atoms with Gasteiger partial charge >= 0.3 is 6.03 Å². The summed E-state index contributed by atoms with van der Waals surface area (Å²) in [6.45, 7) is 5.05. The first kappa shape index (κ1) is 13.2. The van der Waals surface area contributed by atoms with Crippen molar-refractivity contribution < 1.29 is 4.79 Å². The second-order valence-electron chi connectivity index (χ2n) is 6.43. The van der Waals surface area contributed by atoms with Crippen molar-refractivity contribution >= 4 is 6.03 Å². The fraction of sp³-hybridized carbons (Fsp3) is 0.933. The highest BCUT2D eigenvalue weighted by molar-refractivity contribution is 5.75. The van der Waals surface area contributed by atoms with Crippen molar-refractivity contribution in [2.75, 3.05) is 19.6 Å². The SMILES string of the molecule is CCCN(C(=O)N1CCCC1)C1CC2CCC(C1)N2. The maximum Gasteiger partial charge on any atom is 0.320 e. The molecule has 2 amide bonds. The lowest BCUT2D eigenvalue weighted by atomic mass is 9.98. The van der Waals surface area contributed by atoms with Gasteiger partial charge in [0.05, 0.1) is 0 Å². The number of carbonyl (C=O) groups excluding carboxylic acids is 1. The summed E-state index contributed by atoms with van der Waals surface area (Å²) in [5.41, 5.74) is 0. The van der Waals surface area contributed by atoms with Gasteiger partial charge in [0.1, 0.15) is 0 Å². The summed E-state index contributed by atoms with van der Waals surface area (Å²) in [7, 11) is 0. The Morgan fingerprint density at radius 2 is 1.84 bits per heavy atom. The molecule has 108 valence electrons. The molecular weight excluding hydrogens is 238 g/mol. The van der Waals surface area contributed by atoms with Crippen LogP contribution in [0.15, 0.2) is 0 Å². The largest absolute Gasteiger partial charge is 0.325 e. The molecular formula is C15H27N3O. The number of nitrogens with zero attached hydrogens (tertiary/aromatic N) is 2. The van der Waals surface area contributed by atoms with Gasteiger partial charge in [-0.3, -0.25) is 0 Å². The number of hydrogen-bond donors (Lipinski definition) is 1. The van der Waals surface area contributed by atoms with Crippen LogP contribution in [0.1, 0.15) is 51.9 Å². The average Bonchev–Trinajstić information content (AvgIpc) is 3.05. The lowest BCUT2D eigenvalue weighted by Crippen LogP contribution is -2.53. The number of piperidine rings is 1. The van der Waals surface area contributed by atoms with E-state index in [9.17, 15) is 4.79 Å². The van der Waals surface area contributed by atoms with Crippen LogP contribution >= 0.6 is 0 Å². The Hall–Kier alpha value is -0.770. The average molecular weight is 265 g/mol. The summed E-state index contributed by atoms with van der Waals surface area (Å²) in [6.07, 6.45) is 8.37. The topological polar surface area (TPSA) is 35.6 Å². The highest BCUT2D eigenvalue weighted by atomic mass is 16.2. The van der Waals surface area contributed by atoms with Crippen LogP contribution in [0, 0.1) is 0 Å². The van der Waals surface area contributed by atoms with E-state index in [1.165, 1.54) is 25.7 Å². The number of likely N-dealkylation sites (tertiary alicyclic amines) is 1. The van der Waals surface area contributed by atoms with Crippen molar-refractivity contribution in [1.82, 2.24) is 15.1 Å². The van der Waals surface area contributed by atoms with Crippen LogP contribution in [0.2, 0.25) is 0 Å². The number of amides is 2. The van der Waals surface area contributed by atoms with Crippen LogP contribution in [0.3, 0.4) is 0 Å². The first-order valence-corrected chi connectivity index (χ1v) is 8.09. The van der Waals surface area contributed by atoms with Gasteiger partial charge in [-0.15, -0.1) is 0 Å². The Morgan fingerprint density at radius 1 is 1.21 bits per heavy atom. The predicted octanol–water partition coefficient (Wildman–Crippen LogP) is 2.20. The van der Waals surface area contributed by atoms with Crippen LogP contribution in [0.25, 0.3) is 0 Å². The lowest BCUT2D eigenvalue weighted by molar-refractivity contribution is 0.120. The monoisotopic (exact) mass is 265 g/mol. The molecule has 19 heavy (non-hydrogen) atoms. The van der Waals surface area contributed by atoms with Crippen molar-refractivity contribution in [1.29, 1.82) is 0 Å². The van der Waals surface area contributed by atoms with Crippen molar-refractivity contribution in [3.8, 4) is 0 Å². The van der Waals surface area contributed by atoms with Crippen molar-refractivity contribution in [3.05, 3.63) is 0 Å². The molecule has 2 bridgehead atoms. The molecule has 2 atom stereocenters. The third kappa shape index (κ3) is 2.73. The molecule has 3 rings (SSSR count). The molecule has 3 aliphatic heterocycles. The molecule has 3 aliphatic rings. The highest BCUT2D eigenvalue weighted by Gasteiger charge is 2.38. The summed E-state index contributed by atoms with van der Waals surface area (Å²) < 4.78 is 0. The van der Waals surface area contributed by atoms with Gasteiger partial charge in [0.25, 0.3) is 0 Å². The smallest absolute Gasteiger partial charge is 0.320 e. The molecule has 1 N–H and O–H groups in total.